The average Bonchev–Trinajstić information content (AvgIpc) is 2.57. The van der Waals surface area contributed by atoms with Crippen LogP contribution in [0.4, 0.5) is 0 Å². The first-order valence-corrected chi connectivity index (χ1v) is 7.68. The van der Waals surface area contributed by atoms with Crippen LogP contribution in [0.5, 0.6) is 11.5 Å². The second-order valence-electron chi connectivity index (χ2n) is 6.04. The molecule has 0 fully saturated rings. The van der Waals surface area contributed by atoms with Gasteiger partial charge >= 0.3 is 0 Å². The maximum Gasteiger partial charge on any atom is 0.175 e. The maximum atomic E-state index is 12.9. The maximum absolute atomic E-state index is 12.9. The van der Waals surface area contributed by atoms with Gasteiger partial charge in [0, 0.05) is 6.54 Å². The lowest BCUT2D eigenvalue weighted by atomic mass is 9.85. The molecule has 2 aromatic carbocycles. The van der Waals surface area contributed by atoms with Crippen LogP contribution in [0.2, 0.25) is 0 Å². The topological polar surface area (TPSA) is 38.8 Å². The molecule has 0 saturated heterocycles. The van der Waals surface area contributed by atoms with Gasteiger partial charge in [-0.05, 0) is 43.9 Å². The summed E-state index contributed by atoms with van der Waals surface area (Å²) in [7, 11) is 5.58. The van der Waals surface area contributed by atoms with E-state index >= 15 is 0 Å². The van der Waals surface area contributed by atoms with Crippen molar-refractivity contribution in [2.24, 2.45) is 5.92 Å². The minimum atomic E-state index is -0.286. The van der Waals surface area contributed by atoms with Crippen LogP contribution in [-0.2, 0) is 0 Å². The number of rotatable bonds is 4. The lowest BCUT2D eigenvalue weighted by molar-refractivity contribution is 0.0594. The van der Waals surface area contributed by atoms with E-state index in [2.05, 4.69) is 0 Å². The molecule has 0 amide bonds. The first-order valence-electron chi connectivity index (χ1n) is 7.68. The minimum absolute atomic E-state index is 0.140. The Bertz CT molecular complexity index is 694. The number of Topliss-reactive ketones (excluding diaryl/α,β-unsaturated/α-hetero) is 1. The van der Waals surface area contributed by atoms with Crippen LogP contribution in [0.3, 0.4) is 0 Å². The summed E-state index contributed by atoms with van der Waals surface area (Å²) in [4.78, 5) is 15.0. The highest BCUT2D eigenvalue weighted by molar-refractivity contribution is 6.01. The van der Waals surface area contributed by atoms with Crippen molar-refractivity contribution in [1.82, 2.24) is 4.90 Å². The molecule has 23 heavy (non-hydrogen) atoms. The van der Waals surface area contributed by atoms with Gasteiger partial charge in [0.15, 0.2) is 5.78 Å². The zero-order valence-electron chi connectivity index (χ0n) is 13.7. The predicted molar refractivity (Wildman–Crippen MR) is 89.2 cm³/mol. The summed E-state index contributed by atoms with van der Waals surface area (Å²) in [5, 5.41) is 0. The number of hydrogen-bond acceptors (Lipinski definition) is 4. The van der Waals surface area contributed by atoms with Crippen molar-refractivity contribution in [2.75, 3.05) is 27.7 Å². The predicted octanol–water partition coefficient (Wildman–Crippen LogP) is 3.19. The van der Waals surface area contributed by atoms with Gasteiger partial charge in [0.2, 0.25) is 0 Å². The summed E-state index contributed by atoms with van der Waals surface area (Å²) in [6.45, 7) is 0.643. The summed E-state index contributed by atoms with van der Waals surface area (Å²) in [5.41, 5.74) is 1.66. The van der Waals surface area contributed by atoms with E-state index in [1.807, 2.05) is 67.5 Å². The Balaban J connectivity index is 2.00. The number of fused-ring (bicyclic) bond motifs is 1. The quantitative estimate of drug-likeness (QED) is 0.869. The summed E-state index contributed by atoms with van der Waals surface area (Å²) in [5.74, 6) is 1.36. The molecule has 4 nitrogen and oxygen atoms in total. The van der Waals surface area contributed by atoms with Gasteiger partial charge in [-0.3, -0.25) is 4.79 Å². The third kappa shape index (κ3) is 3.08. The fourth-order valence-electron chi connectivity index (χ4n) is 3.00. The summed E-state index contributed by atoms with van der Waals surface area (Å²) < 4.78 is 11.4. The summed E-state index contributed by atoms with van der Waals surface area (Å²) >= 11 is 0. The van der Waals surface area contributed by atoms with E-state index in [9.17, 15) is 4.79 Å². The largest absolute Gasteiger partial charge is 0.497 e. The molecule has 120 valence electrons. The molecule has 1 heterocycles. The van der Waals surface area contributed by atoms with Crippen LogP contribution in [0.25, 0.3) is 0 Å². The number of carbonyl (C=O) groups excluding carboxylic acids is 1. The number of hydrogen-bond donors (Lipinski definition) is 0. The number of methoxy groups -OCH3 is 1. The highest BCUT2D eigenvalue weighted by Crippen LogP contribution is 2.39. The SMILES string of the molecule is COc1ccc(C2Oc3ccccc3C(=O)C2CN(C)C)cc1. The van der Waals surface area contributed by atoms with Crippen molar-refractivity contribution in [1.29, 1.82) is 0 Å². The molecule has 1 aliphatic heterocycles. The van der Waals surface area contributed by atoms with Gasteiger partial charge in [0.1, 0.15) is 17.6 Å². The molecular formula is C19H21NO3. The van der Waals surface area contributed by atoms with Gasteiger partial charge in [0.05, 0.1) is 18.6 Å². The summed E-state index contributed by atoms with van der Waals surface area (Å²) in [6.07, 6.45) is -0.286. The summed E-state index contributed by atoms with van der Waals surface area (Å²) in [6, 6.07) is 15.2. The number of carbonyl (C=O) groups is 1. The van der Waals surface area contributed by atoms with Gasteiger partial charge in [-0.1, -0.05) is 24.3 Å². The van der Waals surface area contributed by atoms with Gasteiger partial charge in [-0.25, -0.2) is 0 Å². The molecule has 0 aromatic heterocycles. The van der Waals surface area contributed by atoms with E-state index in [1.54, 1.807) is 7.11 Å². The van der Waals surface area contributed by atoms with Crippen molar-refractivity contribution >= 4 is 5.78 Å². The zero-order chi connectivity index (χ0) is 16.4. The molecule has 3 rings (SSSR count). The van der Waals surface area contributed by atoms with Crippen molar-refractivity contribution in [3.05, 3.63) is 59.7 Å². The Hall–Kier alpha value is -2.33. The number of ether oxygens (including phenoxy) is 2. The van der Waals surface area contributed by atoms with Crippen molar-refractivity contribution < 1.29 is 14.3 Å². The Morgan fingerprint density at radius 1 is 1.09 bits per heavy atom. The van der Waals surface area contributed by atoms with Gasteiger partial charge < -0.3 is 14.4 Å². The van der Waals surface area contributed by atoms with Crippen LogP contribution in [-0.4, -0.2) is 38.4 Å². The number of benzene rings is 2. The first kappa shape index (κ1) is 15.6. The molecule has 0 aliphatic carbocycles. The second kappa shape index (κ2) is 6.42. The minimum Gasteiger partial charge on any atom is -0.497 e. The normalized spacial score (nSPS) is 20.1. The van der Waals surface area contributed by atoms with Crippen LogP contribution in [0, 0.1) is 5.92 Å². The number of nitrogens with zero attached hydrogens (tertiary/aromatic N) is 1. The van der Waals surface area contributed by atoms with Gasteiger partial charge in [-0.15, -0.1) is 0 Å². The van der Waals surface area contributed by atoms with E-state index in [1.165, 1.54) is 0 Å². The molecule has 4 heteroatoms. The molecule has 0 spiro atoms. The Kier molecular flexibility index (Phi) is 4.35. The van der Waals surface area contributed by atoms with Crippen LogP contribution >= 0.6 is 0 Å². The highest BCUT2D eigenvalue weighted by Gasteiger charge is 2.38. The van der Waals surface area contributed by atoms with Crippen LogP contribution < -0.4 is 9.47 Å². The number of ketones is 1. The first-order chi connectivity index (χ1) is 11.1. The monoisotopic (exact) mass is 311 g/mol. The Labute approximate surface area is 136 Å². The van der Waals surface area contributed by atoms with E-state index in [4.69, 9.17) is 9.47 Å². The molecular weight excluding hydrogens is 290 g/mol. The molecule has 0 N–H and O–H groups in total. The third-order valence-corrected chi connectivity index (χ3v) is 4.11. The molecule has 0 bridgehead atoms. The lowest BCUT2D eigenvalue weighted by Gasteiger charge is -2.34. The smallest absolute Gasteiger partial charge is 0.175 e. The van der Waals surface area contributed by atoms with Crippen molar-refractivity contribution in [3.63, 3.8) is 0 Å². The molecule has 2 atom stereocenters. The number of para-hydroxylation sites is 1. The highest BCUT2D eigenvalue weighted by atomic mass is 16.5. The van der Waals surface area contributed by atoms with Gasteiger partial charge in [-0.2, -0.15) is 0 Å². The van der Waals surface area contributed by atoms with Crippen LogP contribution in [0.1, 0.15) is 22.0 Å². The van der Waals surface area contributed by atoms with Crippen LogP contribution in [0.15, 0.2) is 48.5 Å². The average molecular weight is 311 g/mol. The second-order valence-corrected chi connectivity index (χ2v) is 6.04. The van der Waals surface area contributed by atoms with E-state index in [0.29, 0.717) is 17.9 Å². The van der Waals surface area contributed by atoms with E-state index < -0.39 is 0 Å². The van der Waals surface area contributed by atoms with Crippen molar-refractivity contribution in [2.45, 2.75) is 6.10 Å². The molecule has 2 unspecified atom stereocenters. The standard InChI is InChI=1S/C19H21NO3/c1-20(2)12-16-18(21)15-6-4-5-7-17(15)23-19(16)13-8-10-14(22-3)11-9-13/h4-11,16,19H,12H2,1-3H3. The fraction of sp³-hybridized carbons (Fsp3) is 0.316. The third-order valence-electron chi connectivity index (χ3n) is 4.11. The van der Waals surface area contributed by atoms with Gasteiger partial charge in [0.25, 0.3) is 0 Å². The van der Waals surface area contributed by atoms with E-state index in [0.717, 1.165) is 11.3 Å². The molecule has 1 aliphatic rings. The van der Waals surface area contributed by atoms with Crippen molar-refractivity contribution in [3.8, 4) is 11.5 Å². The Morgan fingerprint density at radius 3 is 2.43 bits per heavy atom. The zero-order valence-corrected chi connectivity index (χ0v) is 13.7. The molecule has 0 saturated carbocycles. The Morgan fingerprint density at radius 2 is 1.78 bits per heavy atom. The molecule has 0 radical (unpaired) electrons. The fourth-order valence-corrected chi connectivity index (χ4v) is 3.00. The lowest BCUT2D eigenvalue weighted by Crippen LogP contribution is -2.38. The van der Waals surface area contributed by atoms with E-state index in [-0.39, 0.29) is 17.8 Å². The molecule has 2 aromatic rings.